The van der Waals surface area contributed by atoms with E-state index in [0.29, 0.717) is 39.3 Å². The van der Waals surface area contributed by atoms with E-state index in [2.05, 4.69) is 13.8 Å². The molecule has 0 unspecified atom stereocenters. The van der Waals surface area contributed by atoms with Crippen molar-refractivity contribution in [2.45, 2.75) is 32.3 Å². The van der Waals surface area contributed by atoms with Gasteiger partial charge in [-0.3, -0.25) is 4.79 Å². The fraction of sp³-hybridized carbons (Fsp3) is 0.318. The van der Waals surface area contributed by atoms with Crippen molar-refractivity contribution in [2.75, 3.05) is 13.9 Å². The molecule has 0 aliphatic carbocycles. The van der Waals surface area contributed by atoms with E-state index in [0.717, 1.165) is 24.2 Å². The Labute approximate surface area is 161 Å². The van der Waals surface area contributed by atoms with E-state index in [-0.39, 0.29) is 17.8 Å². The second-order valence-corrected chi connectivity index (χ2v) is 7.66. The summed E-state index contributed by atoms with van der Waals surface area (Å²) < 4.78 is 28.3. The van der Waals surface area contributed by atoms with Crippen LogP contribution in [0.25, 0.3) is 22.1 Å². The summed E-state index contributed by atoms with van der Waals surface area (Å²) in [6, 6.07) is 7.11. The summed E-state index contributed by atoms with van der Waals surface area (Å²) >= 11 is 0. The molecule has 3 aromatic rings. The summed E-state index contributed by atoms with van der Waals surface area (Å²) in [6.07, 6.45) is 3.15. The predicted octanol–water partition coefficient (Wildman–Crippen LogP) is 4.30. The molecule has 3 heterocycles. The van der Waals surface area contributed by atoms with E-state index in [4.69, 9.17) is 23.4 Å². The van der Waals surface area contributed by atoms with Crippen LogP contribution < -0.4 is 24.4 Å². The predicted molar refractivity (Wildman–Crippen MR) is 104 cm³/mol. The van der Waals surface area contributed by atoms with Crippen LogP contribution in [0.5, 0.6) is 23.0 Å². The Balaban J connectivity index is 1.69. The number of methoxy groups -OCH3 is 1. The molecule has 0 radical (unpaired) electrons. The zero-order valence-electron chi connectivity index (χ0n) is 16.0. The zero-order chi connectivity index (χ0) is 19.5. The number of rotatable bonds is 2. The first-order valence-electron chi connectivity index (χ1n) is 9.21. The average molecular weight is 380 g/mol. The molecular weight excluding hydrogens is 360 g/mol. The lowest BCUT2D eigenvalue weighted by Crippen LogP contribution is -2.32. The summed E-state index contributed by atoms with van der Waals surface area (Å²) in [5, 5.41) is 0.527. The number of hydrogen-bond acceptors (Lipinski definition) is 6. The van der Waals surface area contributed by atoms with Gasteiger partial charge < -0.3 is 23.4 Å². The van der Waals surface area contributed by atoms with Gasteiger partial charge in [0.05, 0.1) is 18.1 Å². The summed E-state index contributed by atoms with van der Waals surface area (Å²) in [5.41, 5.74) is 2.21. The van der Waals surface area contributed by atoms with Crippen molar-refractivity contribution in [2.24, 2.45) is 0 Å². The van der Waals surface area contributed by atoms with Crippen molar-refractivity contribution < 1.29 is 23.4 Å². The van der Waals surface area contributed by atoms with E-state index in [1.165, 1.54) is 6.26 Å². The van der Waals surface area contributed by atoms with Gasteiger partial charge in [0.15, 0.2) is 11.5 Å². The van der Waals surface area contributed by atoms with Gasteiger partial charge in [-0.2, -0.15) is 0 Å². The first-order chi connectivity index (χ1) is 13.5. The van der Waals surface area contributed by atoms with Gasteiger partial charge in [0, 0.05) is 17.2 Å². The topological polar surface area (TPSA) is 67.1 Å². The first kappa shape index (κ1) is 17.0. The highest BCUT2D eigenvalue weighted by atomic mass is 16.7. The van der Waals surface area contributed by atoms with Gasteiger partial charge in [-0.05, 0) is 44.9 Å². The molecule has 0 bridgehead atoms. The van der Waals surface area contributed by atoms with Gasteiger partial charge in [-0.1, -0.05) is 0 Å². The number of hydrogen-bond donors (Lipinski definition) is 0. The number of aryl methyl sites for hydroxylation is 1. The highest BCUT2D eigenvalue weighted by molar-refractivity contribution is 5.87. The van der Waals surface area contributed by atoms with Crippen LogP contribution in [0, 0.1) is 0 Å². The van der Waals surface area contributed by atoms with Gasteiger partial charge >= 0.3 is 0 Å². The van der Waals surface area contributed by atoms with E-state index in [9.17, 15) is 4.79 Å². The van der Waals surface area contributed by atoms with Crippen LogP contribution in [0.1, 0.15) is 25.8 Å². The average Bonchev–Trinajstić information content (AvgIpc) is 3.13. The van der Waals surface area contributed by atoms with E-state index >= 15 is 0 Å². The fourth-order valence-corrected chi connectivity index (χ4v) is 3.84. The minimum absolute atomic E-state index is 0.119. The SMILES string of the molecule is COc1cc2c(cc1-c1coc3c4c(ccc3c1=O)OC(C)(C)CC4)OCO2. The van der Waals surface area contributed by atoms with E-state index in [1.54, 1.807) is 25.3 Å². The normalized spacial score (nSPS) is 16.5. The molecule has 0 saturated carbocycles. The maximum Gasteiger partial charge on any atom is 0.231 e. The van der Waals surface area contributed by atoms with Crippen LogP contribution in [0.2, 0.25) is 0 Å². The lowest BCUT2D eigenvalue weighted by molar-refractivity contribution is 0.0849. The molecule has 0 fully saturated rings. The summed E-state index contributed by atoms with van der Waals surface area (Å²) in [7, 11) is 1.55. The molecule has 0 atom stereocenters. The Morgan fingerprint density at radius 3 is 2.61 bits per heavy atom. The molecule has 6 heteroatoms. The van der Waals surface area contributed by atoms with E-state index < -0.39 is 0 Å². The fourth-order valence-electron chi connectivity index (χ4n) is 3.84. The van der Waals surface area contributed by atoms with Crippen molar-refractivity contribution in [1.29, 1.82) is 0 Å². The molecule has 28 heavy (non-hydrogen) atoms. The molecule has 0 amide bonds. The molecule has 0 spiro atoms. The van der Waals surface area contributed by atoms with Crippen LogP contribution >= 0.6 is 0 Å². The number of benzene rings is 2. The third-order valence-electron chi connectivity index (χ3n) is 5.35. The Hall–Kier alpha value is -3.15. The van der Waals surface area contributed by atoms with Crippen molar-refractivity contribution >= 4 is 11.0 Å². The molecule has 2 aliphatic rings. The number of ether oxygens (including phenoxy) is 4. The lowest BCUT2D eigenvalue weighted by Gasteiger charge is -2.32. The molecule has 2 aliphatic heterocycles. The van der Waals surface area contributed by atoms with Crippen LogP contribution in [-0.4, -0.2) is 19.5 Å². The number of fused-ring (bicyclic) bond motifs is 4. The largest absolute Gasteiger partial charge is 0.496 e. The van der Waals surface area contributed by atoms with Gasteiger partial charge in [0.1, 0.15) is 28.9 Å². The quantitative estimate of drug-likeness (QED) is 0.660. The minimum atomic E-state index is -0.221. The maximum atomic E-state index is 13.3. The third-order valence-corrected chi connectivity index (χ3v) is 5.35. The molecule has 6 nitrogen and oxygen atoms in total. The Morgan fingerprint density at radius 2 is 1.82 bits per heavy atom. The molecule has 0 N–H and O–H groups in total. The van der Waals surface area contributed by atoms with Gasteiger partial charge in [-0.15, -0.1) is 0 Å². The van der Waals surface area contributed by atoms with Crippen LogP contribution in [0.15, 0.2) is 39.7 Å². The molecule has 5 rings (SSSR count). The van der Waals surface area contributed by atoms with Crippen molar-refractivity contribution in [3.63, 3.8) is 0 Å². The second kappa shape index (κ2) is 5.92. The Bertz CT molecular complexity index is 1160. The standard InChI is InChI=1S/C22H20O6/c1-22(2)7-6-12-16(28-22)5-4-13-20(23)15(10-25-21(12)13)14-8-18-19(27-11-26-18)9-17(14)24-3/h4-5,8-10H,6-7,11H2,1-3H3. The lowest BCUT2D eigenvalue weighted by atomic mass is 9.92. The monoisotopic (exact) mass is 380 g/mol. The van der Waals surface area contributed by atoms with Crippen molar-refractivity contribution in [3.05, 3.63) is 46.3 Å². The van der Waals surface area contributed by atoms with Gasteiger partial charge in [-0.25, -0.2) is 0 Å². The van der Waals surface area contributed by atoms with Gasteiger partial charge in [0.2, 0.25) is 12.2 Å². The Morgan fingerprint density at radius 1 is 1.04 bits per heavy atom. The van der Waals surface area contributed by atoms with Crippen LogP contribution in [0.4, 0.5) is 0 Å². The molecule has 0 saturated heterocycles. The minimum Gasteiger partial charge on any atom is -0.496 e. The molecule has 2 aromatic carbocycles. The maximum absolute atomic E-state index is 13.3. The summed E-state index contributed by atoms with van der Waals surface area (Å²) in [5.74, 6) is 2.48. The zero-order valence-corrected chi connectivity index (χ0v) is 16.0. The first-order valence-corrected chi connectivity index (χ1v) is 9.21. The summed E-state index contributed by atoms with van der Waals surface area (Å²) in [4.78, 5) is 13.3. The molecular formula is C22H20O6. The van der Waals surface area contributed by atoms with Crippen molar-refractivity contribution in [1.82, 2.24) is 0 Å². The van der Waals surface area contributed by atoms with E-state index in [1.807, 2.05) is 6.07 Å². The Kier molecular flexibility index (Phi) is 3.59. The summed E-state index contributed by atoms with van der Waals surface area (Å²) in [6.45, 7) is 4.27. The van der Waals surface area contributed by atoms with Crippen molar-refractivity contribution in [3.8, 4) is 34.1 Å². The van der Waals surface area contributed by atoms with Gasteiger partial charge in [0.25, 0.3) is 0 Å². The highest BCUT2D eigenvalue weighted by Gasteiger charge is 2.29. The van der Waals surface area contributed by atoms with Crippen LogP contribution in [-0.2, 0) is 6.42 Å². The van der Waals surface area contributed by atoms with Crippen LogP contribution in [0.3, 0.4) is 0 Å². The smallest absolute Gasteiger partial charge is 0.231 e. The third kappa shape index (κ3) is 2.52. The highest BCUT2D eigenvalue weighted by Crippen LogP contribution is 2.43. The molecule has 1 aromatic heterocycles. The molecule has 144 valence electrons. The second-order valence-electron chi connectivity index (χ2n) is 7.66.